The minimum Gasteiger partial charge on any atom is -0.493 e. The molecule has 0 saturated carbocycles. The van der Waals surface area contributed by atoms with Crippen LogP contribution in [0.5, 0.6) is 11.5 Å². The highest BCUT2D eigenvalue weighted by atomic mass is 19.3. The van der Waals surface area contributed by atoms with E-state index in [0.717, 1.165) is 5.69 Å². The van der Waals surface area contributed by atoms with Crippen LogP contribution < -0.4 is 14.8 Å². The van der Waals surface area contributed by atoms with Crippen LogP contribution in [-0.4, -0.2) is 24.6 Å². The van der Waals surface area contributed by atoms with Gasteiger partial charge in [-0.05, 0) is 36.8 Å². The Morgan fingerprint density at radius 2 is 2.04 bits per heavy atom. The minimum atomic E-state index is -2.93. The molecule has 0 aliphatic heterocycles. The summed E-state index contributed by atoms with van der Waals surface area (Å²) in [4.78, 5) is 16.1. The predicted octanol–water partition coefficient (Wildman–Crippen LogP) is 2.93. The average molecular weight is 322 g/mol. The van der Waals surface area contributed by atoms with Crippen molar-refractivity contribution in [3.05, 3.63) is 53.3 Å². The van der Waals surface area contributed by atoms with Gasteiger partial charge in [0.2, 0.25) is 0 Å². The lowest BCUT2D eigenvalue weighted by atomic mass is 10.2. The molecule has 0 spiro atoms. The summed E-state index contributed by atoms with van der Waals surface area (Å²) < 4.78 is 33.9. The van der Waals surface area contributed by atoms with Crippen molar-refractivity contribution in [1.29, 1.82) is 0 Å². The van der Waals surface area contributed by atoms with Gasteiger partial charge in [0, 0.05) is 12.2 Å². The molecule has 1 aromatic carbocycles. The molecule has 122 valence electrons. The lowest BCUT2D eigenvalue weighted by molar-refractivity contribution is -0.0512. The number of nitrogens with one attached hydrogen (secondary N) is 1. The molecule has 2 aromatic rings. The number of hydrogen-bond donors (Lipinski definition) is 1. The number of ether oxygens (including phenoxy) is 2. The van der Waals surface area contributed by atoms with Gasteiger partial charge >= 0.3 is 6.61 Å². The van der Waals surface area contributed by atoms with Crippen LogP contribution in [-0.2, 0) is 6.54 Å². The molecule has 0 saturated heterocycles. The SMILES string of the molecule is COc1cc(CNC(=O)c2cccc(C)n2)ccc1OC(F)F. The van der Waals surface area contributed by atoms with E-state index in [9.17, 15) is 13.6 Å². The first kappa shape index (κ1) is 16.7. The number of rotatable bonds is 6. The number of carbonyl (C=O) groups excluding carboxylic acids is 1. The number of benzene rings is 1. The number of aryl methyl sites for hydroxylation is 1. The smallest absolute Gasteiger partial charge is 0.387 e. The zero-order valence-electron chi connectivity index (χ0n) is 12.7. The van der Waals surface area contributed by atoms with Gasteiger partial charge in [-0.25, -0.2) is 4.98 Å². The highest BCUT2D eigenvalue weighted by Gasteiger charge is 2.12. The van der Waals surface area contributed by atoms with Gasteiger partial charge in [0.1, 0.15) is 5.69 Å². The lowest BCUT2D eigenvalue weighted by Crippen LogP contribution is -2.24. The number of hydrogen-bond acceptors (Lipinski definition) is 4. The Hall–Kier alpha value is -2.70. The van der Waals surface area contributed by atoms with E-state index in [1.165, 1.54) is 19.2 Å². The van der Waals surface area contributed by atoms with Crippen molar-refractivity contribution in [2.75, 3.05) is 7.11 Å². The molecule has 0 atom stereocenters. The second kappa shape index (κ2) is 7.53. The number of nitrogens with zero attached hydrogens (tertiary/aromatic N) is 1. The van der Waals surface area contributed by atoms with Crippen molar-refractivity contribution in [2.45, 2.75) is 20.1 Å². The Kier molecular flexibility index (Phi) is 5.46. The fourth-order valence-corrected chi connectivity index (χ4v) is 1.96. The summed E-state index contributed by atoms with van der Waals surface area (Å²) in [5.74, 6) is -0.204. The van der Waals surface area contributed by atoms with E-state index in [4.69, 9.17) is 4.74 Å². The molecule has 1 amide bonds. The number of halogens is 2. The fraction of sp³-hybridized carbons (Fsp3) is 0.250. The molecule has 0 bridgehead atoms. The summed E-state index contributed by atoms with van der Waals surface area (Å²) >= 11 is 0. The first-order chi connectivity index (χ1) is 11.0. The van der Waals surface area contributed by atoms with Crippen LogP contribution in [0, 0.1) is 6.92 Å². The highest BCUT2D eigenvalue weighted by Crippen LogP contribution is 2.29. The highest BCUT2D eigenvalue weighted by molar-refractivity contribution is 5.92. The van der Waals surface area contributed by atoms with E-state index in [0.29, 0.717) is 11.3 Å². The van der Waals surface area contributed by atoms with Gasteiger partial charge < -0.3 is 14.8 Å². The summed E-state index contributed by atoms with van der Waals surface area (Å²) in [6.45, 7) is -0.926. The van der Waals surface area contributed by atoms with Crippen LogP contribution in [0.1, 0.15) is 21.7 Å². The van der Waals surface area contributed by atoms with Crippen LogP contribution in [0.15, 0.2) is 36.4 Å². The summed E-state index contributed by atoms with van der Waals surface area (Å²) in [7, 11) is 1.35. The van der Waals surface area contributed by atoms with Crippen molar-refractivity contribution < 1.29 is 23.0 Å². The van der Waals surface area contributed by atoms with Crippen LogP contribution in [0.3, 0.4) is 0 Å². The summed E-state index contributed by atoms with van der Waals surface area (Å²) in [6, 6.07) is 9.63. The Morgan fingerprint density at radius 3 is 2.70 bits per heavy atom. The molecule has 0 aliphatic rings. The quantitative estimate of drug-likeness (QED) is 0.888. The molecular formula is C16H16F2N2O3. The number of pyridine rings is 1. The Balaban J connectivity index is 2.04. The van der Waals surface area contributed by atoms with E-state index in [2.05, 4.69) is 15.0 Å². The Morgan fingerprint density at radius 1 is 1.26 bits per heavy atom. The number of carbonyl (C=O) groups is 1. The maximum Gasteiger partial charge on any atom is 0.387 e. The molecule has 0 aliphatic carbocycles. The van der Waals surface area contributed by atoms with Gasteiger partial charge in [-0.1, -0.05) is 12.1 Å². The molecule has 7 heteroatoms. The molecule has 1 N–H and O–H groups in total. The van der Waals surface area contributed by atoms with Gasteiger partial charge in [-0.2, -0.15) is 8.78 Å². The van der Waals surface area contributed by atoms with Gasteiger partial charge in [-0.3, -0.25) is 4.79 Å². The molecule has 0 fully saturated rings. The third-order valence-electron chi connectivity index (χ3n) is 3.02. The summed E-state index contributed by atoms with van der Waals surface area (Å²) in [5, 5.41) is 2.71. The number of amides is 1. The van der Waals surface area contributed by atoms with E-state index < -0.39 is 6.61 Å². The normalized spacial score (nSPS) is 10.5. The van der Waals surface area contributed by atoms with Gasteiger partial charge in [0.15, 0.2) is 11.5 Å². The fourth-order valence-electron chi connectivity index (χ4n) is 1.96. The largest absolute Gasteiger partial charge is 0.493 e. The van der Waals surface area contributed by atoms with Crippen molar-refractivity contribution in [2.24, 2.45) is 0 Å². The molecule has 1 aromatic heterocycles. The third kappa shape index (κ3) is 4.64. The monoisotopic (exact) mass is 322 g/mol. The van der Waals surface area contributed by atoms with E-state index in [1.54, 1.807) is 31.2 Å². The van der Waals surface area contributed by atoms with E-state index >= 15 is 0 Å². The first-order valence-corrected chi connectivity index (χ1v) is 6.83. The Labute approximate surface area is 132 Å². The maximum absolute atomic E-state index is 12.3. The van der Waals surface area contributed by atoms with Crippen LogP contribution in [0.2, 0.25) is 0 Å². The first-order valence-electron chi connectivity index (χ1n) is 6.83. The van der Waals surface area contributed by atoms with Crippen molar-refractivity contribution >= 4 is 5.91 Å². The summed E-state index contributed by atoms with van der Waals surface area (Å²) in [5.41, 5.74) is 1.74. The lowest BCUT2D eigenvalue weighted by Gasteiger charge is -2.12. The van der Waals surface area contributed by atoms with Crippen LogP contribution in [0.25, 0.3) is 0 Å². The molecule has 0 radical (unpaired) electrons. The van der Waals surface area contributed by atoms with Gasteiger partial charge in [-0.15, -0.1) is 0 Å². The van der Waals surface area contributed by atoms with Crippen LogP contribution in [0.4, 0.5) is 8.78 Å². The van der Waals surface area contributed by atoms with E-state index in [1.807, 2.05) is 0 Å². The standard InChI is InChI=1S/C16H16F2N2O3/c1-10-4-3-5-12(20-10)15(21)19-9-11-6-7-13(23-16(17)18)14(8-11)22-2/h3-8,16H,9H2,1-2H3,(H,19,21). The van der Waals surface area contributed by atoms with Gasteiger partial charge in [0.05, 0.1) is 7.11 Å². The molecule has 0 unspecified atom stereocenters. The molecular weight excluding hydrogens is 306 g/mol. The number of alkyl halides is 2. The zero-order chi connectivity index (χ0) is 16.8. The predicted molar refractivity (Wildman–Crippen MR) is 79.8 cm³/mol. The van der Waals surface area contributed by atoms with Crippen molar-refractivity contribution in [3.8, 4) is 11.5 Å². The minimum absolute atomic E-state index is 0.0575. The molecule has 23 heavy (non-hydrogen) atoms. The Bertz CT molecular complexity index is 693. The molecule has 5 nitrogen and oxygen atoms in total. The van der Waals surface area contributed by atoms with Gasteiger partial charge in [0.25, 0.3) is 5.91 Å². The van der Waals surface area contributed by atoms with Crippen LogP contribution >= 0.6 is 0 Å². The zero-order valence-corrected chi connectivity index (χ0v) is 12.7. The second-order valence-electron chi connectivity index (χ2n) is 4.71. The van der Waals surface area contributed by atoms with E-state index in [-0.39, 0.29) is 24.0 Å². The third-order valence-corrected chi connectivity index (χ3v) is 3.02. The summed E-state index contributed by atoms with van der Waals surface area (Å²) in [6.07, 6.45) is 0. The van der Waals surface area contributed by atoms with Crippen molar-refractivity contribution in [1.82, 2.24) is 10.3 Å². The second-order valence-corrected chi connectivity index (χ2v) is 4.71. The number of aromatic nitrogens is 1. The van der Waals surface area contributed by atoms with Crippen molar-refractivity contribution in [3.63, 3.8) is 0 Å². The number of methoxy groups -OCH3 is 1. The molecule has 2 rings (SSSR count). The molecule has 1 heterocycles. The maximum atomic E-state index is 12.3. The topological polar surface area (TPSA) is 60.5 Å². The average Bonchev–Trinajstić information content (AvgIpc) is 2.53.